The first-order chi connectivity index (χ1) is 10.1. The van der Waals surface area contributed by atoms with Gasteiger partial charge in [0.25, 0.3) is 0 Å². The largest absolute Gasteiger partial charge is 0.379 e. The summed E-state index contributed by atoms with van der Waals surface area (Å²) < 4.78 is 31.5. The number of morpholine rings is 1. The standard InChI is InChI=1S/C14H19ClN2O3S/c15-14-3-1-13(2-4-14)5-12-21(18,19)16-6-7-17-8-10-20-11-9-17/h1-5,12,16H,6-11H2/b12-5+. The lowest BCUT2D eigenvalue weighted by Gasteiger charge is -2.26. The highest BCUT2D eigenvalue weighted by atomic mass is 35.5. The van der Waals surface area contributed by atoms with E-state index in [1.54, 1.807) is 30.3 Å². The number of rotatable bonds is 6. The van der Waals surface area contributed by atoms with Crippen LogP contribution in [0.25, 0.3) is 6.08 Å². The third-order valence-corrected chi connectivity index (χ3v) is 4.50. The first-order valence-corrected chi connectivity index (χ1v) is 8.71. The van der Waals surface area contributed by atoms with Gasteiger partial charge in [0, 0.05) is 36.6 Å². The second kappa shape index (κ2) is 7.91. The topological polar surface area (TPSA) is 58.6 Å². The molecule has 0 unspecified atom stereocenters. The Balaban J connectivity index is 1.79. The average molecular weight is 331 g/mol. The summed E-state index contributed by atoms with van der Waals surface area (Å²) in [5, 5.41) is 1.80. The molecular formula is C14H19ClN2O3S. The van der Waals surface area contributed by atoms with Crippen molar-refractivity contribution in [1.82, 2.24) is 9.62 Å². The van der Waals surface area contributed by atoms with Gasteiger partial charge in [-0.2, -0.15) is 0 Å². The summed E-state index contributed by atoms with van der Waals surface area (Å²) >= 11 is 5.78. The van der Waals surface area contributed by atoms with Crippen LogP contribution in [0.3, 0.4) is 0 Å². The molecule has 1 aromatic rings. The molecule has 1 aliphatic heterocycles. The number of benzene rings is 1. The van der Waals surface area contributed by atoms with Gasteiger partial charge in [-0.05, 0) is 23.8 Å². The minimum atomic E-state index is -3.41. The number of nitrogens with zero attached hydrogens (tertiary/aromatic N) is 1. The van der Waals surface area contributed by atoms with Crippen molar-refractivity contribution in [3.05, 3.63) is 40.3 Å². The minimum Gasteiger partial charge on any atom is -0.379 e. The van der Waals surface area contributed by atoms with Crippen molar-refractivity contribution in [2.75, 3.05) is 39.4 Å². The third kappa shape index (κ3) is 6.15. The molecule has 1 aliphatic rings. The van der Waals surface area contributed by atoms with Gasteiger partial charge in [-0.1, -0.05) is 23.7 Å². The van der Waals surface area contributed by atoms with E-state index < -0.39 is 10.0 Å². The summed E-state index contributed by atoms with van der Waals surface area (Å²) in [5.74, 6) is 0. The predicted octanol–water partition coefficient (Wildman–Crippen LogP) is 1.56. The molecule has 5 nitrogen and oxygen atoms in total. The van der Waals surface area contributed by atoms with Crippen LogP contribution >= 0.6 is 11.6 Å². The van der Waals surface area contributed by atoms with Crippen molar-refractivity contribution in [2.24, 2.45) is 0 Å². The van der Waals surface area contributed by atoms with E-state index in [1.807, 2.05) is 0 Å². The van der Waals surface area contributed by atoms with Crippen LogP contribution in [0.5, 0.6) is 0 Å². The van der Waals surface area contributed by atoms with Gasteiger partial charge in [0.1, 0.15) is 0 Å². The Bertz CT molecular complexity index is 566. The molecule has 1 aromatic carbocycles. The molecule has 0 saturated carbocycles. The lowest BCUT2D eigenvalue weighted by atomic mass is 10.2. The van der Waals surface area contributed by atoms with Crippen molar-refractivity contribution < 1.29 is 13.2 Å². The first kappa shape index (κ1) is 16.5. The van der Waals surface area contributed by atoms with E-state index in [4.69, 9.17) is 16.3 Å². The molecule has 1 N–H and O–H groups in total. The molecule has 0 amide bonds. The SMILES string of the molecule is O=S(=O)(/C=C/c1ccc(Cl)cc1)NCCN1CCOCC1. The highest BCUT2D eigenvalue weighted by Crippen LogP contribution is 2.11. The second-order valence-electron chi connectivity index (χ2n) is 4.75. The molecule has 1 heterocycles. The normalized spacial score (nSPS) is 17.4. The van der Waals surface area contributed by atoms with E-state index in [0.29, 0.717) is 31.3 Å². The van der Waals surface area contributed by atoms with Gasteiger partial charge in [0.15, 0.2) is 0 Å². The highest BCUT2D eigenvalue weighted by molar-refractivity contribution is 7.92. The average Bonchev–Trinajstić information content (AvgIpc) is 2.48. The van der Waals surface area contributed by atoms with E-state index in [2.05, 4.69) is 9.62 Å². The summed E-state index contributed by atoms with van der Waals surface area (Å²) in [6, 6.07) is 6.98. The number of halogens is 1. The van der Waals surface area contributed by atoms with Crippen LogP contribution in [0, 0.1) is 0 Å². The molecule has 21 heavy (non-hydrogen) atoms. The Morgan fingerprint density at radius 3 is 2.57 bits per heavy atom. The summed E-state index contributed by atoms with van der Waals surface area (Å²) in [6.45, 7) is 4.21. The lowest BCUT2D eigenvalue weighted by molar-refractivity contribution is 0.0390. The molecule has 0 aliphatic carbocycles. The molecule has 7 heteroatoms. The van der Waals surface area contributed by atoms with Crippen LogP contribution in [-0.4, -0.2) is 52.7 Å². The van der Waals surface area contributed by atoms with Crippen molar-refractivity contribution in [2.45, 2.75) is 0 Å². The number of nitrogens with one attached hydrogen (secondary N) is 1. The second-order valence-corrected chi connectivity index (χ2v) is 6.83. The van der Waals surface area contributed by atoms with Gasteiger partial charge < -0.3 is 4.74 Å². The summed E-state index contributed by atoms with van der Waals surface area (Å²) in [6.07, 6.45) is 1.55. The van der Waals surface area contributed by atoms with Crippen molar-refractivity contribution in [1.29, 1.82) is 0 Å². The summed E-state index contributed by atoms with van der Waals surface area (Å²) in [4.78, 5) is 2.18. The maximum atomic E-state index is 11.8. The molecule has 1 saturated heterocycles. The first-order valence-electron chi connectivity index (χ1n) is 6.79. The van der Waals surface area contributed by atoms with E-state index in [-0.39, 0.29) is 0 Å². The van der Waals surface area contributed by atoms with Gasteiger partial charge in [0.05, 0.1) is 13.2 Å². The summed E-state index contributed by atoms with van der Waals surface area (Å²) in [7, 11) is -3.41. The third-order valence-electron chi connectivity index (χ3n) is 3.14. The van der Waals surface area contributed by atoms with Crippen molar-refractivity contribution in [3.8, 4) is 0 Å². The maximum Gasteiger partial charge on any atom is 0.233 e. The molecule has 0 bridgehead atoms. The number of ether oxygens (including phenoxy) is 1. The molecule has 2 rings (SSSR count). The van der Waals surface area contributed by atoms with E-state index in [9.17, 15) is 8.42 Å². The Morgan fingerprint density at radius 1 is 1.24 bits per heavy atom. The Labute approximate surface area is 130 Å². The maximum absolute atomic E-state index is 11.8. The predicted molar refractivity (Wildman–Crippen MR) is 84.7 cm³/mol. The summed E-state index contributed by atoms with van der Waals surface area (Å²) in [5.41, 5.74) is 0.790. The van der Waals surface area contributed by atoms with Gasteiger partial charge in [-0.15, -0.1) is 0 Å². The number of hydrogen-bond acceptors (Lipinski definition) is 4. The smallest absolute Gasteiger partial charge is 0.233 e. The van der Waals surface area contributed by atoms with Crippen LogP contribution in [0.2, 0.25) is 5.02 Å². The van der Waals surface area contributed by atoms with Crippen LogP contribution in [0.4, 0.5) is 0 Å². The Hall–Kier alpha value is -0.920. The fourth-order valence-electron chi connectivity index (χ4n) is 1.96. The van der Waals surface area contributed by atoms with Gasteiger partial charge in [-0.3, -0.25) is 4.90 Å². The van der Waals surface area contributed by atoms with Crippen molar-refractivity contribution >= 4 is 27.7 Å². The van der Waals surface area contributed by atoms with Crippen LogP contribution in [0.1, 0.15) is 5.56 Å². The quantitative estimate of drug-likeness (QED) is 0.860. The van der Waals surface area contributed by atoms with E-state index in [1.165, 1.54) is 5.41 Å². The molecule has 0 aromatic heterocycles. The monoisotopic (exact) mass is 330 g/mol. The van der Waals surface area contributed by atoms with Crippen LogP contribution < -0.4 is 4.72 Å². The van der Waals surface area contributed by atoms with Gasteiger partial charge >= 0.3 is 0 Å². The number of sulfonamides is 1. The zero-order chi connectivity index (χ0) is 15.1. The Kier molecular flexibility index (Phi) is 6.20. The fourth-order valence-corrected chi connectivity index (χ4v) is 2.90. The fraction of sp³-hybridized carbons (Fsp3) is 0.429. The lowest BCUT2D eigenvalue weighted by Crippen LogP contribution is -2.41. The minimum absolute atomic E-state index is 0.396. The molecule has 116 valence electrons. The molecule has 0 radical (unpaired) electrons. The molecule has 0 spiro atoms. The Morgan fingerprint density at radius 2 is 1.90 bits per heavy atom. The van der Waals surface area contributed by atoms with E-state index >= 15 is 0 Å². The van der Waals surface area contributed by atoms with Crippen LogP contribution in [0.15, 0.2) is 29.7 Å². The molecule has 0 atom stereocenters. The highest BCUT2D eigenvalue weighted by Gasteiger charge is 2.11. The van der Waals surface area contributed by atoms with Gasteiger partial charge in [-0.25, -0.2) is 13.1 Å². The van der Waals surface area contributed by atoms with E-state index in [0.717, 1.165) is 18.7 Å². The molecule has 1 fully saturated rings. The zero-order valence-electron chi connectivity index (χ0n) is 11.7. The zero-order valence-corrected chi connectivity index (χ0v) is 13.2. The van der Waals surface area contributed by atoms with Crippen molar-refractivity contribution in [3.63, 3.8) is 0 Å². The van der Waals surface area contributed by atoms with Crippen LogP contribution in [-0.2, 0) is 14.8 Å². The molecular weight excluding hydrogens is 312 g/mol. The number of hydrogen-bond donors (Lipinski definition) is 1. The van der Waals surface area contributed by atoms with Gasteiger partial charge in [0.2, 0.25) is 10.0 Å².